The van der Waals surface area contributed by atoms with E-state index in [0.717, 1.165) is 30.1 Å². The third-order valence-corrected chi connectivity index (χ3v) is 4.80. The molecule has 0 saturated carbocycles. The van der Waals surface area contributed by atoms with Gasteiger partial charge < -0.3 is 4.98 Å². The van der Waals surface area contributed by atoms with E-state index in [1.807, 2.05) is 13.8 Å². The van der Waals surface area contributed by atoms with Gasteiger partial charge in [0.2, 0.25) is 0 Å². The van der Waals surface area contributed by atoms with E-state index in [0.29, 0.717) is 6.54 Å². The second-order valence-electron chi connectivity index (χ2n) is 4.31. The Bertz CT molecular complexity index is 489. The Kier molecular flexibility index (Phi) is 3.24. The molecular formula is C10H18N4O2S. The molecule has 2 heterocycles. The lowest BCUT2D eigenvalue weighted by Crippen LogP contribution is -2.38. The van der Waals surface area contributed by atoms with Crippen molar-refractivity contribution in [3.8, 4) is 0 Å². The van der Waals surface area contributed by atoms with Gasteiger partial charge in [-0.25, -0.2) is 9.71 Å². The topological polar surface area (TPSA) is 78.1 Å². The molecule has 96 valence electrons. The van der Waals surface area contributed by atoms with Crippen molar-refractivity contribution in [3.05, 3.63) is 17.2 Å². The molecule has 7 heteroatoms. The van der Waals surface area contributed by atoms with E-state index in [4.69, 9.17) is 0 Å². The molecule has 0 amide bonds. The zero-order valence-corrected chi connectivity index (χ0v) is 11.1. The normalized spacial score (nSPS) is 22.2. The van der Waals surface area contributed by atoms with Crippen molar-refractivity contribution in [1.82, 2.24) is 19.0 Å². The molecule has 17 heavy (non-hydrogen) atoms. The molecule has 2 N–H and O–H groups in total. The largest absolute Gasteiger partial charge is 0.345 e. The summed E-state index contributed by atoms with van der Waals surface area (Å²) < 4.78 is 27.5. The second-order valence-corrected chi connectivity index (χ2v) is 6.14. The predicted molar refractivity (Wildman–Crippen MR) is 64.7 cm³/mol. The molecule has 1 aromatic heterocycles. The Hall–Kier alpha value is -0.920. The Labute approximate surface area is 102 Å². The van der Waals surface area contributed by atoms with Crippen LogP contribution in [0.4, 0.5) is 0 Å². The number of aryl methyl sites for hydroxylation is 2. The molecule has 0 aromatic carbocycles. The van der Waals surface area contributed by atoms with Gasteiger partial charge in [-0.05, 0) is 26.7 Å². The number of nitrogens with one attached hydrogen (secondary N) is 2. The lowest BCUT2D eigenvalue weighted by molar-refractivity contribution is 0.380. The van der Waals surface area contributed by atoms with E-state index in [9.17, 15) is 8.42 Å². The molecule has 1 atom stereocenters. The minimum Gasteiger partial charge on any atom is -0.345 e. The van der Waals surface area contributed by atoms with Crippen LogP contribution < -0.4 is 4.72 Å². The summed E-state index contributed by atoms with van der Waals surface area (Å²) in [6.07, 6.45) is 1.68. The molecule has 0 bridgehead atoms. The molecule has 1 unspecified atom stereocenters. The smallest absolute Gasteiger partial charge is 0.279 e. The summed E-state index contributed by atoms with van der Waals surface area (Å²) in [5, 5.41) is 0. The van der Waals surface area contributed by atoms with Crippen LogP contribution in [0.2, 0.25) is 0 Å². The Balaban J connectivity index is 2.32. The molecule has 6 nitrogen and oxygen atoms in total. The van der Waals surface area contributed by atoms with Gasteiger partial charge in [-0.1, -0.05) is 0 Å². The van der Waals surface area contributed by atoms with Gasteiger partial charge >= 0.3 is 0 Å². The highest BCUT2D eigenvalue weighted by Crippen LogP contribution is 2.32. The van der Waals surface area contributed by atoms with Crippen LogP contribution in [0.25, 0.3) is 0 Å². The highest BCUT2D eigenvalue weighted by atomic mass is 32.2. The highest BCUT2D eigenvalue weighted by Gasteiger charge is 2.36. The summed E-state index contributed by atoms with van der Waals surface area (Å²) in [6, 6.07) is -0.167. The fourth-order valence-corrected chi connectivity index (χ4v) is 3.30. The summed E-state index contributed by atoms with van der Waals surface area (Å²) in [5.41, 5.74) is 1.92. The van der Waals surface area contributed by atoms with Crippen molar-refractivity contribution in [2.24, 2.45) is 0 Å². The zero-order valence-electron chi connectivity index (χ0n) is 10.3. The maximum absolute atomic E-state index is 11.9. The first kappa shape index (κ1) is 12.5. The molecule has 1 aliphatic heterocycles. The molecule has 0 aliphatic carbocycles. The quantitative estimate of drug-likeness (QED) is 0.834. The van der Waals surface area contributed by atoms with E-state index in [-0.39, 0.29) is 6.04 Å². The number of aromatic amines is 1. The first-order valence-electron chi connectivity index (χ1n) is 5.69. The first-order valence-corrected chi connectivity index (χ1v) is 7.13. The summed E-state index contributed by atoms with van der Waals surface area (Å²) in [5.74, 6) is 0.747. The van der Waals surface area contributed by atoms with E-state index in [2.05, 4.69) is 14.7 Å². The fourth-order valence-electron chi connectivity index (χ4n) is 2.15. The van der Waals surface area contributed by atoms with Crippen molar-refractivity contribution < 1.29 is 8.42 Å². The van der Waals surface area contributed by atoms with Crippen molar-refractivity contribution >= 4 is 10.2 Å². The average molecular weight is 258 g/mol. The number of nitrogens with zero attached hydrogens (tertiary/aromatic N) is 2. The molecule has 1 saturated heterocycles. The molecule has 2 rings (SSSR count). The van der Waals surface area contributed by atoms with Gasteiger partial charge in [0.1, 0.15) is 5.82 Å². The van der Waals surface area contributed by atoms with Crippen LogP contribution in [0.3, 0.4) is 0 Å². The maximum Gasteiger partial charge on any atom is 0.279 e. The summed E-state index contributed by atoms with van der Waals surface area (Å²) in [4.78, 5) is 7.57. The van der Waals surface area contributed by atoms with E-state index < -0.39 is 10.2 Å². The Morgan fingerprint density at radius 2 is 2.18 bits per heavy atom. The SMILES string of the molecule is CNS(=O)(=O)N1CCCC1c1nc(C)c(C)[nH]1. The molecule has 1 aromatic rings. The average Bonchev–Trinajstić information content (AvgIpc) is 2.87. The predicted octanol–water partition coefficient (Wildman–Crippen LogP) is 0.628. The fraction of sp³-hybridized carbons (Fsp3) is 0.700. The molecular weight excluding hydrogens is 240 g/mol. The van der Waals surface area contributed by atoms with E-state index >= 15 is 0 Å². The van der Waals surface area contributed by atoms with Gasteiger partial charge in [-0.2, -0.15) is 12.7 Å². The second kappa shape index (κ2) is 4.40. The highest BCUT2D eigenvalue weighted by molar-refractivity contribution is 7.87. The maximum atomic E-state index is 11.9. The number of rotatable bonds is 3. The van der Waals surface area contributed by atoms with Gasteiger partial charge in [0.05, 0.1) is 11.7 Å². The van der Waals surface area contributed by atoms with Crippen LogP contribution >= 0.6 is 0 Å². The number of hydrogen-bond acceptors (Lipinski definition) is 3. The number of H-pyrrole nitrogens is 1. The van der Waals surface area contributed by atoms with Gasteiger partial charge in [0.15, 0.2) is 0 Å². The monoisotopic (exact) mass is 258 g/mol. The summed E-state index contributed by atoms with van der Waals surface area (Å²) in [7, 11) is -1.94. The van der Waals surface area contributed by atoms with Crippen LogP contribution in [0.15, 0.2) is 0 Å². The van der Waals surface area contributed by atoms with E-state index in [1.54, 1.807) is 0 Å². The van der Waals surface area contributed by atoms with Crippen molar-refractivity contribution in [2.45, 2.75) is 32.7 Å². The molecule has 1 aliphatic rings. The third-order valence-electron chi connectivity index (χ3n) is 3.23. The third kappa shape index (κ3) is 2.22. The number of aromatic nitrogens is 2. The van der Waals surface area contributed by atoms with Crippen LogP contribution in [-0.2, 0) is 10.2 Å². The van der Waals surface area contributed by atoms with E-state index in [1.165, 1.54) is 11.4 Å². The minimum absolute atomic E-state index is 0.167. The lowest BCUT2D eigenvalue weighted by atomic mass is 10.2. The van der Waals surface area contributed by atoms with Crippen LogP contribution in [-0.4, -0.2) is 36.3 Å². The first-order chi connectivity index (χ1) is 7.95. The lowest BCUT2D eigenvalue weighted by Gasteiger charge is -2.21. The molecule has 1 fully saturated rings. The van der Waals surface area contributed by atoms with Gasteiger partial charge in [0.25, 0.3) is 10.2 Å². The van der Waals surface area contributed by atoms with Crippen molar-refractivity contribution in [1.29, 1.82) is 0 Å². The zero-order chi connectivity index (χ0) is 12.6. The summed E-state index contributed by atoms with van der Waals surface area (Å²) >= 11 is 0. The number of imidazole rings is 1. The van der Waals surface area contributed by atoms with Crippen LogP contribution in [0, 0.1) is 13.8 Å². The Morgan fingerprint density at radius 3 is 2.71 bits per heavy atom. The van der Waals surface area contributed by atoms with Gasteiger partial charge in [-0.3, -0.25) is 0 Å². The van der Waals surface area contributed by atoms with Gasteiger partial charge in [0, 0.05) is 19.3 Å². The minimum atomic E-state index is -3.38. The van der Waals surface area contributed by atoms with Crippen LogP contribution in [0.5, 0.6) is 0 Å². The number of hydrogen-bond donors (Lipinski definition) is 2. The molecule has 0 spiro atoms. The van der Waals surface area contributed by atoms with Gasteiger partial charge in [-0.15, -0.1) is 0 Å². The van der Waals surface area contributed by atoms with Crippen molar-refractivity contribution in [3.63, 3.8) is 0 Å². The van der Waals surface area contributed by atoms with Crippen molar-refractivity contribution in [2.75, 3.05) is 13.6 Å². The standard InChI is InChI=1S/C10H18N4O2S/c1-7-8(2)13-10(12-7)9-5-4-6-14(9)17(15,16)11-3/h9,11H,4-6H2,1-3H3,(H,12,13). The van der Waals surface area contributed by atoms with Crippen LogP contribution in [0.1, 0.15) is 36.1 Å². The molecule has 0 radical (unpaired) electrons. The summed E-state index contributed by atoms with van der Waals surface area (Å²) in [6.45, 7) is 4.41. The Morgan fingerprint density at radius 1 is 1.47 bits per heavy atom.